The number of hydrogen-bond acceptors (Lipinski definition) is 2. The Bertz CT molecular complexity index is 344. The first-order chi connectivity index (χ1) is 7.24. The summed E-state index contributed by atoms with van der Waals surface area (Å²) in [7, 11) is 0. The highest BCUT2D eigenvalue weighted by Gasteiger charge is 2.04. The summed E-state index contributed by atoms with van der Waals surface area (Å²) < 4.78 is 12.9. The number of hydrogen-bond donors (Lipinski definition) is 1. The van der Waals surface area contributed by atoms with Gasteiger partial charge in [-0.25, -0.2) is 4.39 Å². The molecule has 0 saturated heterocycles. The average molecular weight is 206 g/mol. The Labute approximate surface area is 89.7 Å². The Morgan fingerprint density at radius 3 is 3.00 bits per heavy atom. The van der Waals surface area contributed by atoms with Gasteiger partial charge in [-0.05, 0) is 37.6 Å². The maximum absolute atomic E-state index is 12.9. The first-order valence-corrected chi connectivity index (χ1v) is 5.10. The third-order valence-electron chi connectivity index (χ3n) is 2.26. The van der Waals surface area contributed by atoms with Crippen molar-refractivity contribution >= 4 is 0 Å². The van der Waals surface area contributed by atoms with E-state index < -0.39 is 0 Å². The van der Waals surface area contributed by atoms with Crippen LogP contribution < -0.4 is 5.32 Å². The van der Waals surface area contributed by atoms with Crippen LogP contribution in [0.1, 0.15) is 31.4 Å². The summed E-state index contributed by atoms with van der Waals surface area (Å²) in [6.45, 7) is 2.77. The summed E-state index contributed by atoms with van der Waals surface area (Å²) in [4.78, 5) is 0. The van der Waals surface area contributed by atoms with E-state index in [4.69, 9.17) is 5.26 Å². The highest BCUT2D eigenvalue weighted by atomic mass is 19.1. The van der Waals surface area contributed by atoms with Crippen LogP contribution in [0.3, 0.4) is 0 Å². The van der Waals surface area contributed by atoms with E-state index in [1.54, 1.807) is 6.07 Å². The molecular formula is C12H15FN2. The fraction of sp³-hybridized carbons (Fsp3) is 0.417. The maximum Gasteiger partial charge on any atom is 0.123 e. The van der Waals surface area contributed by atoms with Crippen LogP contribution in [0.25, 0.3) is 0 Å². The fourth-order valence-electron chi connectivity index (χ4n) is 1.38. The lowest BCUT2D eigenvalue weighted by Crippen LogP contribution is -2.19. The summed E-state index contributed by atoms with van der Waals surface area (Å²) in [6.07, 6.45) is 1.39. The van der Waals surface area contributed by atoms with Crippen LogP contribution in [0.5, 0.6) is 0 Å². The summed E-state index contributed by atoms with van der Waals surface area (Å²) in [5.74, 6) is -0.210. The van der Waals surface area contributed by atoms with Gasteiger partial charge >= 0.3 is 0 Å². The van der Waals surface area contributed by atoms with Crippen LogP contribution in [0.2, 0.25) is 0 Å². The Morgan fingerprint density at radius 1 is 1.53 bits per heavy atom. The first-order valence-electron chi connectivity index (χ1n) is 5.10. The van der Waals surface area contributed by atoms with Crippen LogP contribution in [-0.2, 0) is 0 Å². The smallest absolute Gasteiger partial charge is 0.123 e. The van der Waals surface area contributed by atoms with Gasteiger partial charge in [0.25, 0.3) is 0 Å². The van der Waals surface area contributed by atoms with Crippen LogP contribution in [-0.4, -0.2) is 6.54 Å². The number of nitrogens with zero attached hydrogens (tertiary/aromatic N) is 1. The predicted octanol–water partition coefficient (Wildman–Crippen LogP) is 2.78. The van der Waals surface area contributed by atoms with E-state index in [1.807, 2.05) is 13.0 Å². The van der Waals surface area contributed by atoms with Gasteiger partial charge in [0.2, 0.25) is 0 Å². The zero-order valence-electron chi connectivity index (χ0n) is 8.83. The third kappa shape index (κ3) is 4.09. The van der Waals surface area contributed by atoms with Crippen LogP contribution in [0.15, 0.2) is 24.3 Å². The fourth-order valence-corrected chi connectivity index (χ4v) is 1.38. The SMILES string of the molecule is C[C@H](NCCCC#N)c1cccc(F)c1. The standard InChI is InChI=1S/C12H15FN2/c1-10(15-8-3-2-7-14)11-5-4-6-12(13)9-11/h4-6,9-10,15H,2-3,8H2,1H3/t10-/m0/s1. The molecular weight excluding hydrogens is 191 g/mol. The molecule has 0 aliphatic carbocycles. The molecule has 1 aromatic rings. The van der Waals surface area contributed by atoms with Crippen molar-refractivity contribution in [2.45, 2.75) is 25.8 Å². The van der Waals surface area contributed by atoms with Crippen molar-refractivity contribution in [2.24, 2.45) is 0 Å². The highest BCUT2D eigenvalue weighted by molar-refractivity contribution is 5.19. The molecule has 0 spiro atoms. The Balaban J connectivity index is 2.40. The molecule has 0 fully saturated rings. The van der Waals surface area contributed by atoms with E-state index in [2.05, 4.69) is 11.4 Å². The van der Waals surface area contributed by atoms with E-state index in [0.717, 1.165) is 18.5 Å². The number of halogens is 1. The number of rotatable bonds is 5. The molecule has 1 aromatic carbocycles. The second-order valence-electron chi connectivity index (χ2n) is 3.49. The normalized spacial score (nSPS) is 12.1. The minimum absolute atomic E-state index is 0.124. The molecule has 0 saturated carbocycles. The summed E-state index contributed by atoms with van der Waals surface area (Å²) >= 11 is 0. The topological polar surface area (TPSA) is 35.8 Å². The largest absolute Gasteiger partial charge is 0.310 e. The van der Waals surface area contributed by atoms with E-state index in [0.29, 0.717) is 6.42 Å². The molecule has 0 aromatic heterocycles. The van der Waals surface area contributed by atoms with Crippen molar-refractivity contribution in [2.75, 3.05) is 6.54 Å². The lowest BCUT2D eigenvalue weighted by atomic mass is 10.1. The van der Waals surface area contributed by atoms with Crippen LogP contribution >= 0.6 is 0 Å². The van der Waals surface area contributed by atoms with Crippen molar-refractivity contribution in [3.63, 3.8) is 0 Å². The third-order valence-corrected chi connectivity index (χ3v) is 2.26. The Hall–Kier alpha value is -1.40. The van der Waals surface area contributed by atoms with Gasteiger partial charge in [-0.15, -0.1) is 0 Å². The molecule has 15 heavy (non-hydrogen) atoms. The van der Waals surface area contributed by atoms with Gasteiger partial charge in [-0.3, -0.25) is 0 Å². The molecule has 0 bridgehead atoms. The van der Waals surface area contributed by atoms with Crippen molar-refractivity contribution < 1.29 is 4.39 Å². The molecule has 3 heteroatoms. The van der Waals surface area contributed by atoms with E-state index >= 15 is 0 Å². The second-order valence-corrected chi connectivity index (χ2v) is 3.49. The zero-order chi connectivity index (χ0) is 11.1. The average Bonchev–Trinajstić information content (AvgIpc) is 2.24. The molecule has 0 aliphatic rings. The molecule has 0 unspecified atom stereocenters. The van der Waals surface area contributed by atoms with Crippen molar-refractivity contribution in [1.82, 2.24) is 5.32 Å². The molecule has 1 rings (SSSR count). The van der Waals surface area contributed by atoms with E-state index in [1.165, 1.54) is 12.1 Å². The van der Waals surface area contributed by atoms with E-state index in [9.17, 15) is 4.39 Å². The quantitative estimate of drug-likeness (QED) is 0.752. The van der Waals surface area contributed by atoms with Gasteiger partial charge in [-0.2, -0.15) is 5.26 Å². The minimum atomic E-state index is -0.210. The summed E-state index contributed by atoms with van der Waals surface area (Å²) in [5, 5.41) is 11.6. The lowest BCUT2D eigenvalue weighted by Gasteiger charge is -2.13. The molecule has 0 amide bonds. The molecule has 0 aliphatic heterocycles. The summed E-state index contributed by atoms with van der Waals surface area (Å²) in [5.41, 5.74) is 0.937. The minimum Gasteiger partial charge on any atom is -0.310 e. The molecule has 2 nitrogen and oxygen atoms in total. The molecule has 0 heterocycles. The highest BCUT2D eigenvalue weighted by Crippen LogP contribution is 2.13. The number of nitrogens with one attached hydrogen (secondary N) is 1. The van der Waals surface area contributed by atoms with Gasteiger partial charge in [0.05, 0.1) is 6.07 Å². The van der Waals surface area contributed by atoms with Gasteiger partial charge in [0.15, 0.2) is 0 Å². The summed E-state index contributed by atoms with van der Waals surface area (Å²) in [6, 6.07) is 8.78. The van der Waals surface area contributed by atoms with Crippen LogP contribution in [0, 0.1) is 17.1 Å². The Morgan fingerprint density at radius 2 is 2.33 bits per heavy atom. The van der Waals surface area contributed by atoms with Gasteiger partial charge in [-0.1, -0.05) is 12.1 Å². The number of nitriles is 1. The monoisotopic (exact) mass is 206 g/mol. The van der Waals surface area contributed by atoms with Gasteiger partial charge in [0.1, 0.15) is 5.82 Å². The molecule has 1 N–H and O–H groups in total. The first kappa shape index (κ1) is 11.7. The number of unbranched alkanes of at least 4 members (excludes halogenated alkanes) is 1. The molecule has 80 valence electrons. The van der Waals surface area contributed by atoms with Gasteiger partial charge in [0, 0.05) is 12.5 Å². The number of benzene rings is 1. The van der Waals surface area contributed by atoms with Crippen molar-refractivity contribution in [3.05, 3.63) is 35.6 Å². The van der Waals surface area contributed by atoms with Crippen molar-refractivity contribution in [1.29, 1.82) is 5.26 Å². The zero-order valence-corrected chi connectivity index (χ0v) is 8.83. The maximum atomic E-state index is 12.9. The predicted molar refractivity (Wildman–Crippen MR) is 57.7 cm³/mol. The van der Waals surface area contributed by atoms with Crippen LogP contribution in [0.4, 0.5) is 4.39 Å². The Kier molecular flexibility index (Phi) is 4.79. The molecule has 0 radical (unpaired) electrons. The lowest BCUT2D eigenvalue weighted by molar-refractivity contribution is 0.555. The van der Waals surface area contributed by atoms with E-state index in [-0.39, 0.29) is 11.9 Å². The van der Waals surface area contributed by atoms with Gasteiger partial charge < -0.3 is 5.32 Å². The van der Waals surface area contributed by atoms with Crippen molar-refractivity contribution in [3.8, 4) is 6.07 Å². The molecule has 1 atom stereocenters. The second kappa shape index (κ2) is 6.15.